The van der Waals surface area contributed by atoms with E-state index in [1.807, 2.05) is 30.3 Å². The number of benzene rings is 2. The average molecular weight is 447 g/mol. The summed E-state index contributed by atoms with van der Waals surface area (Å²) < 4.78 is 27.4. The number of nitrogens with zero attached hydrogens (tertiary/aromatic N) is 1. The Kier molecular flexibility index (Phi) is 7.78. The van der Waals surface area contributed by atoms with Gasteiger partial charge in [0.25, 0.3) is 5.91 Å². The van der Waals surface area contributed by atoms with Gasteiger partial charge in [-0.3, -0.25) is 15.6 Å². The molecule has 9 heteroatoms. The number of amides is 1. The maximum absolute atomic E-state index is 12.9. The molecule has 1 fully saturated rings. The van der Waals surface area contributed by atoms with Crippen LogP contribution in [0.5, 0.6) is 0 Å². The Morgan fingerprint density at radius 3 is 2.33 bits per heavy atom. The Balaban J connectivity index is 1.58. The largest absolute Gasteiger partial charge is 0.357 e. The van der Waals surface area contributed by atoms with Crippen LogP contribution in [-0.2, 0) is 16.6 Å². The molecule has 0 radical (unpaired) electrons. The van der Waals surface area contributed by atoms with Gasteiger partial charge in [0.05, 0.1) is 4.90 Å². The summed E-state index contributed by atoms with van der Waals surface area (Å²) in [6.07, 6.45) is 3.80. The highest BCUT2D eigenvalue weighted by molar-refractivity contribution is 7.89. The molecule has 3 N–H and O–H groups in total. The molecule has 160 valence electrons. The monoisotopic (exact) mass is 446 g/mol. The quantitative estimate of drug-likeness (QED) is 0.483. The van der Waals surface area contributed by atoms with Gasteiger partial charge in [0.2, 0.25) is 10.0 Å². The summed E-state index contributed by atoms with van der Waals surface area (Å²) in [7, 11) is -3.62. The van der Waals surface area contributed by atoms with Crippen LogP contribution in [0.25, 0.3) is 0 Å². The lowest BCUT2D eigenvalue weighted by Crippen LogP contribution is -2.46. The molecule has 0 unspecified atom stereocenters. The SMILES string of the molecule is O=C(NNC(=S)NCc1ccccc1)c1cccc(S(=O)(=O)N2CCCCCC2)c1. The van der Waals surface area contributed by atoms with E-state index >= 15 is 0 Å². The van der Waals surface area contributed by atoms with Gasteiger partial charge < -0.3 is 5.32 Å². The van der Waals surface area contributed by atoms with Gasteiger partial charge in [-0.2, -0.15) is 4.31 Å². The van der Waals surface area contributed by atoms with E-state index in [1.165, 1.54) is 16.4 Å². The number of carbonyl (C=O) groups is 1. The molecular formula is C21H26N4O3S2. The van der Waals surface area contributed by atoms with Gasteiger partial charge in [-0.15, -0.1) is 0 Å². The zero-order valence-corrected chi connectivity index (χ0v) is 18.3. The molecule has 1 aliphatic rings. The van der Waals surface area contributed by atoms with Gasteiger partial charge in [0, 0.05) is 25.2 Å². The second kappa shape index (κ2) is 10.5. The number of carbonyl (C=O) groups excluding carboxylic acids is 1. The van der Waals surface area contributed by atoms with Gasteiger partial charge in [-0.1, -0.05) is 49.2 Å². The van der Waals surface area contributed by atoms with Crippen molar-refractivity contribution in [2.75, 3.05) is 13.1 Å². The van der Waals surface area contributed by atoms with Crippen molar-refractivity contribution in [3.8, 4) is 0 Å². The summed E-state index contributed by atoms with van der Waals surface area (Å²) in [6, 6.07) is 15.8. The smallest absolute Gasteiger partial charge is 0.269 e. The predicted octanol–water partition coefficient (Wildman–Crippen LogP) is 2.56. The number of sulfonamides is 1. The predicted molar refractivity (Wildman–Crippen MR) is 120 cm³/mol. The molecule has 0 bridgehead atoms. The number of thiocarbonyl (C=S) groups is 1. The third-order valence-corrected chi connectivity index (χ3v) is 7.03. The fourth-order valence-corrected chi connectivity index (χ4v) is 4.92. The Morgan fingerprint density at radius 2 is 1.63 bits per heavy atom. The molecule has 0 atom stereocenters. The van der Waals surface area contributed by atoms with Crippen molar-refractivity contribution < 1.29 is 13.2 Å². The van der Waals surface area contributed by atoms with E-state index in [0.29, 0.717) is 19.6 Å². The topological polar surface area (TPSA) is 90.5 Å². The average Bonchev–Trinajstić information content (AvgIpc) is 3.07. The van der Waals surface area contributed by atoms with Crippen LogP contribution in [0.2, 0.25) is 0 Å². The van der Waals surface area contributed by atoms with Crippen LogP contribution in [0.15, 0.2) is 59.5 Å². The summed E-state index contributed by atoms with van der Waals surface area (Å²) in [4.78, 5) is 12.6. The molecule has 7 nitrogen and oxygen atoms in total. The fourth-order valence-electron chi connectivity index (χ4n) is 3.24. The van der Waals surface area contributed by atoms with E-state index in [4.69, 9.17) is 12.2 Å². The van der Waals surface area contributed by atoms with E-state index in [0.717, 1.165) is 31.2 Å². The minimum atomic E-state index is -3.62. The Morgan fingerprint density at radius 1 is 0.933 bits per heavy atom. The summed E-state index contributed by atoms with van der Waals surface area (Å²) in [6.45, 7) is 1.55. The summed E-state index contributed by atoms with van der Waals surface area (Å²) >= 11 is 5.17. The third kappa shape index (κ3) is 6.01. The summed E-state index contributed by atoms with van der Waals surface area (Å²) in [5.41, 5.74) is 6.44. The normalized spacial score (nSPS) is 15.1. The lowest BCUT2D eigenvalue weighted by molar-refractivity contribution is 0.0943. The minimum Gasteiger partial charge on any atom is -0.357 e. The van der Waals surface area contributed by atoms with E-state index in [1.54, 1.807) is 12.1 Å². The molecule has 0 aromatic heterocycles. The molecule has 0 saturated carbocycles. The second-order valence-electron chi connectivity index (χ2n) is 7.09. The molecule has 0 spiro atoms. The first-order valence-electron chi connectivity index (χ1n) is 9.95. The van der Waals surface area contributed by atoms with E-state index in [-0.39, 0.29) is 15.6 Å². The highest BCUT2D eigenvalue weighted by Crippen LogP contribution is 2.21. The van der Waals surface area contributed by atoms with Crippen LogP contribution in [0, 0.1) is 0 Å². The van der Waals surface area contributed by atoms with Gasteiger partial charge >= 0.3 is 0 Å². The second-order valence-corrected chi connectivity index (χ2v) is 9.44. The molecule has 1 aliphatic heterocycles. The first-order valence-corrected chi connectivity index (χ1v) is 11.8. The van der Waals surface area contributed by atoms with E-state index in [9.17, 15) is 13.2 Å². The lowest BCUT2D eigenvalue weighted by Gasteiger charge is -2.20. The first kappa shape index (κ1) is 22.2. The van der Waals surface area contributed by atoms with Crippen LogP contribution >= 0.6 is 12.2 Å². The molecule has 2 aromatic carbocycles. The van der Waals surface area contributed by atoms with Crippen LogP contribution in [0.1, 0.15) is 41.6 Å². The molecule has 0 aliphatic carbocycles. The zero-order chi connectivity index (χ0) is 21.4. The van der Waals surface area contributed by atoms with Gasteiger partial charge in [-0.25, -0.2) is 8.42 Å². The Hall–Kier alpha value is -2.49. The number of rotatable bonds is 5. The number of hydrogen-bond donors (Lipinski definition) is 3. The van der Waals surface area contributed by atoms with Crippen LogP contribution < -0.4 is 16.2 Å². The van der Waals surface area contributed by atoms with Crippen molar-refractivity contribution in [1.82, 2.24) is 20.5 Å². The van der Waals surface area contributed by atoms with Crippen molar-refractivity contribution in [3.05, 3.63) is 65.7 Å². The summed E-state index contributed by atoms with van der Waals surface area (Å²) in [5.74, 6) is -0.466. The maximum Gasteiger partial charge on any atom is 0.269 e. The lowest BCUT2D eigenvalue weighted by atomic mass is 10.2. The molecule has 2 aromatic rings. The fraction of sp³-hybridized carbons (Fsp3) is 0.333. The molecule has 30 heavy (non-hydrogen) atoms. The number of hydrogen-bond acceptors (Lipinski definition) is 4. The van der Waals surface area contributed by atoms with E-state index in [2.05, 4.69) is 16.2 Å². The van der Waals surface area contributed by atoms with Gasteiger partial charge in [-0.05, 0) is 48.8 Å². The molecular weight excluding hydrogens is 420 g/mol. The van der Waals surface area contributed by atoms with Crippen molar-refractivity contribution >= 4 is 33.3 Å². The van der Waals surface area contributed by atoms with E-state index < -0.39 is 15.9 Å². The maximum atomic E-state index is 12.9. The third-order valence-electron chi connectivity index (χ3n) is 4.88. The molecule has 1 saturated heterocycles. The van der Waals surface area contributed by atoms with Crippen LogP contribution in [0.3, 0.4) is 0 Å². The van der Waals surface area contributed by atoms with Crippen molar-refractivity contribution in [2.45, 2.75) is 37.1 Å². The highest BCUT2D eigenvalue weighted by Gasteiger charge is 2.25. The van der Waals surface area contributed by atoms with Gasteiger partial charge in [0.1, 0.15) is 0 Å². The first-order chi connectivity index (χ1) is 14.5. The number of hydrazine groups is 1. The van der Waals surface area contributed by atoms with Gasteiger partial charge in [0.15, 0.2) is 5.11 Å². The number of nitrogens with one attached hydrogen (secondary N) is 3. The standard InChI is InChI=1S/C21H26N4O3S2/c26-20(23-24-21(29)22-16-17-9-4-3-5-10-17)18-11-8-12-19(15-18)30(27,28)25-13-6-1-2-7-14-25/h3-5,8-12,15H,1-2,6-7,13-14,16H2,(H,23,26)(H2,22,24,29). The van der Waals surface area contributed by atoms with Crippen LogP contribution in [-0.4, -0.2) is 36.8 Å². The summed E-state index contributed by atoms with van der Waals surface area (Å²) in [5, 5.41) is 3.26. The molecule has 1 heterocycles. The Labute approximate surface area is 182 Å². The van der Waals surface area contributed by atoms with Crippen molar-refractivity contribution in [1.29, 1.82) is 0 Å². The van der Waals surface area contributed by atoms with Crippen molar-refractivity contribution in [3.63, 3.8) is 0 Å². The van der Waals surface area contributed by atoms with Crippen molar-refractivity contribution in [2.24, 2.45) is 0 Å². The van der Waals surface area contributed by atoms with Crippen LogP contribution in [0.4, 0.5) is 0 Å². The Bertz CT molecular complexity index is 973. The zero-order valence-electron chi connectivity index (χ0n) is 16.6. The molecule has 3 rings (SSSR count). The highest BCUT2D eigenvalue weighted by atomic mass is 32.2. The molecule has 1 amide bonds. The minimum absolute atomic E-state index is 0.127.